The fourth-order valence-electron chi connectivity index (χ4n) is 2.18. The third kappa shape index (κ3) is 4.63. The van der Waals surface area contributed by atoms with Gasteiger partial charge in [-0.2, -0.15) is 13.2 Å². The summed E-state index contributed by atoms with van der Waals surface area (Å²) in [6.07, 6.45) is -5.60. The Hall–Kier alpha value is -0.910. The van der Waals surface area contributed by atoms with Gasteiger partial charge in [0.2, 0.25) is 9.70 Å². The van der Waals surface area contributed by atoms with Gasteiger partial charge in [-0.15, -0.1) is 0 Å². The summed E-state index contributed by atoms with van der Waals surface area (Å²) >= 11 is 16.8. The summed E-state index contributed by atoms with van der Waals surface area (Å²) in [5.74, 6) is -4.31. The van der Waals surface area contributed by atoms with E-state index < -0.39 is 63.4 Å². The maximum absolute atomic E-state index is 12.3. The van der Waals surface area contributed by atoms with E-state index in [0.29, 0.717) is 11.8 Å². The minimum absolute atomic E-state index is 0.411. The minimum atomic E-state index is -5.19. The molecule has 0 spiro atoms. The van der Waals surface area contributed by atoms with Gasteiger partial charge < -0.3 is 15.0 Å². The normalized spacial score (nSPS) is 26.6. The lowest BCUT2D eigenvalue weighted by atomic mass is 10.0. The lowest BCUT2D eigenvalue weighted by Gasteiger charge is -2.51. The molecule has 2 saturated heterocycles. The van der Waals surface area contributed by atoms with Gasteiger partial charge in [0.25, 0.3) is 0 Å². The predicted molar refractivity (Wildman–Crippen MR) is 80.9 cm³/mol. The maximum Gasteiger partial charge on any atom is 0.471 e. The molecule has 2 heterocycles. The largest absolute Gasteiger partial charge is 0.471 e. The Balaban J connectivity index is 2.07. The number of nitrogens with one attached hydrogen (secondary N) is 1. The Morgan fingerprint density at radius 1 is 1.28 bits per heavy atom. The second kappa shape index (κ2) is 7.01. The number of carbonyl (C=O) groups excluding carboxylic acids is 4. The molecular formula is C11H8Cl3F3N2O5S. The van der Waals surface area contributed by atoms with Crippen molar-refractivity contribution in [2.45, 2.75) is 33.8 Å². The Kier molecular flexibility index (Phi) is 5.72. The van der Waals surface area contributed by atoms with E-state index in [2.05, 4.69) is 0 Å². The SMILES string of the molecule is O=C1C[C@@H](C(=O)OCC(Cl)(Cl)Cl)N2C(=O)[C@H](NC(=O)C(F)(F)F)C2S1. The number of carbonyl (C=O) groups is 4. The quantitative estimate of drug-likeness (QED) is 0.400. The highest BCUT2D eigenvalue weighted by Crippen LogP contribution is 2.40. The van der Waals surface area contributed by atoms with Gasteiger partial charge in [-0.3, -0.25) is 14.4 Å². The van der Waals surface area contributed by atoms with Crippen LogP contribution in [0.1, 0.15) is 6.42 Å². The Labute approximate surface area is 157 Å². The fraction of sp³-hybridized carbons (Fsp3) is 0.636. The van der Waals surface area contributed by atoms with E-state index in [1.807, 2.05) is 0 Å². The van der Waals surface area contributed by atoms with Gasteiger partial charge in [-0.05, 0) is 0 Å². The van der Waals surface area contributed by atoms with E-state index in [0.717, 1.165) is 4.90 Å². The summed E-state index contributed by atoms with van der Waals surface area (Å²) in [6.45, 7) is -0.644. The lowest BCUT2D eigenvalue weighted by molar-refractivity contribution is -0.179. The summed E-state index contributed by atoms with van der Waals surface area (Å²) in [4.78, 5) is 47.5. The first kappa shape index (κ1) is 20.4. The van der Waals surface area contributed by atoms with Crippen molar-refractivity contribution in [2.24, 2.45) is 0 Å². The van der Waals surface area contributed by atoms with Crippen LogP contribution in [-0.4, -0.2) is 61.8 Å². The van der Waals surface area contributed by atoms with E-state index in [1.165, 1.54) is 5.32 Å². The van der Waals surface area contributed by atoms with Crippen molar-refractivity contribution in [3.8, 4) is 0 Å². The van der Waals surface area contributed by atoms with Crippen LogP contribution in [0.4, 0.5) is 13.2 Å². The van der Waals surface area contributed by atoms with Crippen molar-refractivity contribution in [3.05, 3.63) is 0 Å². The standard InChI is InChI=1S/C11H8Cl3F3N2O5S/c12-10(13,14)2-24-8(22)3-1-4(20)25-7-5(6(21)19(3)7)18-9(23)11(15,16)17/h3,5,7H,1-2H2,(H,18,23)/t3-,5-,7?/m0/s1. The first-order valence-electron chi connectivity index (χ1n) is 6.44. The fourth-order valence-corrected chi connectivity index (χ4v) is 3.56. The molecular weight excluding hydrogens is 436 g/mol. The van der Waals surface area contributed by atoms with Crippen LogP contribution in [0.3, 0.4) is 0 Å². The molecule has 2 fully saturated rings. The van der Waals surface area contributed by atoms with Crippen LogP contribution in [0.25, 0.3) is 0 Å². The molecule has 0 bridgehead atoms. The number of nitrogens with zero attached hydrogens (tertiary/aromatic N) is 1. The average Bonchev–Trinajstić information content (AvgIpc) is 2.47. The Morgan fingerprint density at radius 2 is 1.88 bits per heavy atom. The molecule has 7 nitrogen and oxygen atoms in total. The topological polar surface area (TPSA) is 92.8 Å². The van der Waals surface area contributed by atoms with Crippen LogP contribution in [-0.2, 0) is 23.9 Å². The Morgan fingerprint density at radius 3 is 2.40 bits per heavy atom. The number of β-lactam (4-membered cyclic amide) rings is 1. The van der Waals surface area contributed by atoms with Gasteiger partial charge in [-0.25, -0.2) is 4.79 Å². The van der Waals surface area contributed by atoms with Crippen LogP contribution in [0.15, 0.2) is 0 Å². The molecule has 2 rings (SSSR count). The van der Waals surface area contributed by atoms with Gasteiger partial charge in [0, 0.05) is 6.42 Å². The summed E-state index contributed by atoms with van der Waals surface area (Å²) in [5, 5.41) is -0.209. The minimum Gasteiger partial charge on any atom is -0.460 e. The smallest absolute Gasteiger partial charge is 0.460 e. The van der Waals surface area contributed by atoms with E-state index in [1.54, 1.807) is 0 Å². The Bertz CT molecular complexity index is 627. The van der Waals surface area contributed by atoms with Crippen molar-refractivity contribution < 1.29 is 37.1 Å². The van der Waals surface area contributed by atoms with Crippen LogP contribution < -0.4 is 5.32 Å². The summed E-state index contributed by atoms with van der Waals surface area (Å²) in [5.41, 5.74) is 0. The van der Waals surface area contributed by atoms with Crippen molar-refractivity contribution in [2.75, 3.05) is 6.61 Å². The number of amides is 2. The summed E-state index contributed by atoms with van der Waals surface area (Å²) < 4.78 is 39.7. The monoisotopic (exact) mass is 442 g/mol. The highest BCUT2D eigenvalue weighted by Gasteiger charge is 2.59. The van der Waals surface area contributed by atoms with Crippen LogP contribution in [0.5, 0.6) is 0 Å². The molecule has 0 aliphatic carbocycles. The second-order valence-electron chi connectivity index (χ2n) is 5.02. The zero-order valence-corrected chi connectivity index (χ0v) is 14.9. The van der Waals surface area contributed by atoms with Crippen molar-refractivity contribution in [1.82, 2.24) is 10.2 Å². The molecule has 0 aromatic rings. The predicted octanol–water partition coefficient (Wildman–Crippen LogP) is 1.15. The molecule has 1 N–H and O–H groups in total. The molecule has 14 heteroatoms. The third-order valence-electron chi connectivity index (χ3n) is 3.22. The van der Waals surface area contributed by atoms with E-state index in [4.69, 9.17) is 39.5 Å². The van der Waals surface area contributed by atoms with Crippen molar-refractivity contribution in [3.63, 3.8) is 0 Å². The van der Waals surface area contributed by atoms with E-state index in [9.17, 15) is 32.3 Å². The molecule has 0 aromatic heterocycles. The number of hydrogen-bond acceptors (Lipinski definition) is 6. The molecule has 1 unspecified atom stereocenters. The number of alkyl halides is 6. The summed E-state index contributed by atoms with van der Waals surface area (Å²) in [6, 6.07) is -2.94. The van der Waals surface area contributed by atoms with Gasteiger partial charge in [0.1, 0.15) is 24.1 Å². The molecule has 2 amide bonds. The first-order chi connectivity index (χ1) is 11.3. The lowest BCUT2D eigenvalue weighted by Crippen LogP contribution is -2.75. The summed E-state index contributed by atoms with van der Waals surface area (Å²) in [7, 11) is 0. The number of halogens is 6. The number of rotatable bonds is 3. The average molecular weight is 444 g/mol. The molecule has 0 radical (unpaired) electrons. The molecule has 2 aliphatic rings. The zero-order valence-electron chi connectivity index (χ0n) is 11.8. The highest BCUT2D eigenvalue weighted by molar-refractivity contribution is 8.14. The molecule has 3 atom stereocenters. The van der Waals surface area contributed by atoms with Crippen LogP contribution >= 0.6 is 46.6 Å². The number of fused-ring (bicyclic) bond motifs is 1. The van der Waals surface area contributed by atoms with Gasteiger partial charge in [0.15, 0.2) is 5.12 Å². The maximum atomic E-state index is 12.3. The molecule has 0 saturated carbocycles. The molecule has 140 valence electrons. The number of esters is 1. The van der Waals surface area contributed by atoms with Crippen LogP contribution in [0, 0.1) is 0 Å². The van der Waals surface area contributed by atoms with Crippen molar-refractivity contribution >= 4 is 69.5 Å². The third-order valence-corrected chi connectivity index (χ3v) is 4.72. The number of hydrogen-bond donors (Lipinski definition) is 1. The van der Waals surface area contributed by atoms with Gasteiger partial charge in [0.05, 0.1) is 0 Å². The van der Waals surface area contributed by atoms with Gasteiger partial charge >= 0.3 is 18.1 Å². The second-order valence-corrected chi connectivity index (χ2v) is 8.71. The number of ether oxygens (including phenoxy) is 1. The molecule has 25 heavy (non-hydrogen) atoms. The molecule has 0 aromatic carbocycles. The van der Waals surface area contributed by atoms with E-state index in [-0.39, 0.29) is 0 Å². The van der Waals surface area contributed by atoms with Crippen molar-refractivity contribution in [1.29, 1.82) is 0 Å². The highest BCUT2D eigenvalue weighted by atomic mass is 35.6. The first-order valence-corrected chi connectivity index (χ1v) is 8.45. The van der Waals surface area contributed by atoms with E-state index >= 15 is 0 Å². The number of thioether (sulfide) groups is 1. The molecule has 2 aliphatic heterocycles. The van der Waals surface area contributed by atoms with Gasteiger partial charge in [-0.1, -0.05) is 46.6 Å². The van der Waals surface area contributed by atoms with Crippen LogP contribution in [0.2, 0.25) is 0 Å². The zero-order chi connectivity index (χ0) is 19.2.